The largest absolute Gasteiger partial charge is 0.465 e. The Morgan fingerprint density at radius 1 is 1.02 bits per heavy atom. The SMILES string of the molecule is CC(=O)OCC12CCC(OC3OC(CO)C(O)C(O)C3O)CC1CCC1C2CCC2(C)C(C3=CC(=O)OC3)CCC12O. The van der Waals surface area contributed by atoms with Gasteiger partial charge in [-0.1, -0.05) is 6.92 Å². The first-order valence-corrected chi connectivity index (χ1v) is 15.6. The van der Waals surface area contributed by atoms with Crippen LogP contribution in [0.15, 0.2) is 11.6 Å². The molecule has 0 spiro atoms. The third-order valence-electron chi connectivity index (χ3n) is 12.4. The van der Waals surface area contributed by atoms with E-state index in [0.29, 0.717) is 32.3 Å². The Labute approximate surface area is 246 Å². The van der Waals surface area contributed by atoms with Crippen LogP contribution in [0.5, 0.6) is 0 Å². The maximum atomic E-state index is 12.5. The molecule has 0 aromatic heterocycles. The third kappa shape index (κ3) is 4.66. The minimum atomic E-state index is -1.50. The molecule has 0 radical (unpaired) electrons. The highest BCUT2D eigenvalue weighted by Gasteiger charge is 2.69. The lowest BCUT2D eigenvalue weighted by Crippen LogP contribution is -2.64. The van der Waals surface area contributed by atoms with Gasteiger partial charge in [-0.3, -0.25) is 4.79 Å². The van der Waals surface area contributed by atoms with Crippen molar-refractivity contribution in [3.8, 4) is 0 Å². The summed E-state index contributed by atoms with van der Waals surface area (Å²) in [6.45, 7) is 3.67. The summed E-state index contributed by atoms with van der Waals surface area (Å²) in [5.41, 5.74) is -0.603. The van der Waals surface area contributed by atoms with Crippen molar-refractivity contribution < 1.29 is 54.1 Å². The number of carbonyl (C=O) groups excluding carboxylic acids is 2. The van der Waals surface area contributed by atoms with Crippen LogP contribution in [0.4, 0.5) is 0 Å². The summed E-state index contributed by atoms with van der Waals surface area (Å²) in [5.74, 6) is -0.204. The summed E-state index contributed by atoms with van der Waals surface area (Å²) in [7, 11) is 0. The topological polar surface area (TPSA) is 172 Å². The van der Waals surface area contributed by atoms with Crippen molar-refractivity contribution in [1.82, 2.24) is 0 Å². The van der Waals surface area contributed by atoms with Gasteiger partial charge in [-0.25, -0.2) is 4.79 Å². The maximum absolute atomic E-state index is 12.5. The number of rotatable bonds is 6. The lowest BCUT2D eigenvalue weighted by molar-refractivity contribution is -0.317. The van der Waals surface area contributed by atoms with E-state index < -0.39 is 42.9 Å². The Bertz CT molecular complexity index is 1090. The molecule has 1 saturated heterocycles. The quantitative estimate of drug-likeness (QED) is 0.219. The molecule has 4 aliphatic carbocycles. The highest BCUT2D eigenvalue weighted by molar-refractivity contribution is 5.85. The smallest absolute Gasteiger partial charge is 0.331 e. The second-order valence-corrected chi connectivity index (χ2v) is 14.0. The summed E-state index contributed by atoms with van der Waals surface area (Å²) in [6, 6.07) is 0. The van der Waals surface area contributed by atoms with Gasteiger partial charge in [0.1, 0.15) is 31.0 Å². The van der Waals surface area contributed by atoms with Crippen LogP contribution in [0.3, 0.4) is 0 Å². The van der Waals surface area contributed by atoms with Crippen molar-refractivity contribution in [3.63, 3.8) is 0 Å². The Hall–Kier alpha value is -1.60. The maximum Gasteiger partial charge on any atom is 0.331 e. The fourth-order valence-corrected chi connectivity index (χ4v) is 10.2. The number of esters is 2. The molecule has 13 unspecified atom stereocenters. The molecule has 0 amide bonds. The molecule has 236 valence electrons. The molecule has 13 atom stereocenters. The lowest BCUT2D eigenvalue weighted by Gasteiger charge is -2.64. The number of hydrogen-bond donors (Lipinski definition) is 5. The lowest BCUT2D eigenvalue weighted by atomic mass is 9.43. The molecular weight excluding hydrogens is 548 g/mol. The van der Waals surface area contributed by atoms with Crippen molar-refractivity contribution in [2.24, 2.45) is 34.5 Å². The van der Waals surface area contributed by atoms with Crippen LogP contribution >= 0.6 is 0 Å². The van der Waals surface area contributed by atoms with Crippen LogP contribution in [-0.2, 0) is 28.5 Å². The predicted molar refractivity (Wildman–Crippen MR) is 145 cm³/mol. The van der Waals surface area contributed by atoms with Gasteiger partial charge in [-0.2, -0.15) is 0 Å². The molecule has 2 heterocycles. The second kappa shape index (κ2) is 11.1. The van der Waals surface area contributed by atoms with E-state index in [1.807, 2.05) is 0 Å². The standard InChI is InChI=1S/C31H46O11/c1-16(33)40-15-30-9-5-19(41-28-27(37)26(36)25(35)23(13-32)42-28)12-18(30)3-4-22-21(30)6-8-29(2)20(7-10-31(22,29)38)17-11-24(34)39-14-17/h11,18-23,25-28,32,35-38H,3-10,12-15H2,1-2H3. The van der Waals surface area contributed by atoms with Crippen molar-refractivity contribution >= 4 is 11.9 Å². The first-order chi connectivity index (χ1) is 19.9. The Morgan fingerprint density at radius 2 is 1.81 bits per heavy atom. The molecule has 5 N–H and O–H groups in total. The molecule has 11 heteroatoms. The van der Waals surface area contributed by atoms with E-state index in [4.69, 9.17) is 18.9 Å². The average molecular weight is 595 g/mol. The van der Waals surface area contributed by atoms with Crippen molar-refractivity contribution in [1.29, 1.82) is 0 Å². The number of aliphatic hydroxyl groups excluding tert-OH is 4. The normalized spacial score (nSPS) is 50.3. The first kappa shape index (κ1) is 30.4. The Morgan fingerprint density at radius 3 is 2.50 bits per heavy atom. The highest BCUT2D eigenvalue weighted by atomic mass is 16.7. The highest BCUT2D eigenvalue weighted by Crippen LogP contribution is 2.70. The van der Waals surface area contributed by atoms with E-state index in [2.05, 4.69) is 6.92 Å². The third-order valence-corrected chi connectivity index (χ3v) is 12.4. The van der Waals surface area contributed by atoms with Crippen LogP contribution in [0.1, 0.15) is 71.6 Å². The second-order valence-electron chi connectivity index (χ2n) is 14.0. The fraction of sp³-hybridized carbons (Fsp3) is 0.871. The first-order valence-electron chi connectivity index (χ1n) is 15.6. The van der Waals surface area contributed by atoms with Gasteiger partial charge in [0.15, 0.2) is 6.29 Å². The van der Waals surface area contributed by atoms with E-state index in [-0.39, 0.29) is 59.2 Å². The number of hydrogen-bond acceptors (Lipinski definition) is 11. The van der Waals surface area contributed by atoms with E-state index in [9.17, 15) is 35.1 Å². The average Bonchev–Trinajstić information content (AvgIpc) is 3.51. The number of carbonyl (C=O) groups is 2. The predicted octanol–water partition coefficient (Wildman–Crippen LogP) is 0.972. The molecular formula is C31H46O11. The molecule has 42 heavy (non-hydrogen) atoms. The molecule has 6 aliphatic rings. The van der Waals surface area contributed by atoms with Crippen LogP contribution in [0.2, 0.25) is 0 Å². The Balaban J connectivity index is 1.22. The zero-order valence-electron chi connectivity index (χ0n) is 24.5. The number of cyclic esters (lactones) is 1. The zero-order chi connectivity index (χ0) is 30.0. The van der Waals surface area contributed by atoms with Crippen molar-refractivity contribution in [2.75, 3.05) is 19.8 Å². The van der Waals surface area contributed by atoms with Gasteiger partial charge in [0.05, 0.1) is 24.9 Å². The number of aliphatic hydroxyl groups is 5. The molecule has 0 aromatic rings. The number of fused-ring (bicyclic) bond motifs is 5. The summed E-state index contributed by atoms with van der Waals surface area (Å²) in [4.78, 5) is 23.9. The fourth-order valence-electron chi connectivity index (χ4n) is 10.2. The van der Waals surface area contributed by atoms with Crippen LogP contribution in [0, 0.1) is 34.5 Å². The van der Waals surface area contributed by atoms with Gasteiger partial charge < -0.3 is 44.5 Å². The minimum Gasteiger partial charge on any atom is -0.465 e. The monoisotopic (exact) mass is 594 g/mol. The summed E-state index contributed by atoms with van der Waals surface area (Å²) in [6.07, 6.45) is 1.49. The summed E-state index contributed by atoms with van der Waals surface area (Å²) < 4.78 is 22.8. The molecule has 11 nitrogen and oxygen atoms in total. The molecule has 0 bridgehead atoms. The zero-order valence-corrected chi connectivity index (χ0v) is 24.5. The van der Waals surface area contributed by atoms with Gasteiger partial charge in [-0.15, -0.1) is 0 Å². The molecule has 5 fully saturated rings. The van der Waals surface area contributed by atoms with Crippen molar-refractivity contribution in [2.45, 2.75) is 114 Å². The van der Waals surface area contributed by atoms with Gasteiger partial charge in [0.25, 0.3) is 0 Å². The number of ether oxygens (including phenoxy) is 4. The Kier molecular flexibility index (Phi) is 8.03. The van der Waals surface area contributed by atoms with E-state index in [1.165, 1.54) is 6.92 Å². The van der Waals surface area contributed by atoms with Gasteiger partial charge in [-0.05, 0) is 87.0 Å². The molecule has 4 saturated carbocycles. The minimum absolute atomic E-state index is 0.0367. The molecule has 0 aromatic carbocycles. The van der Waals surface area contributed by atoms with E-state index in [1.54, 1.807) is 6.08 Å². The summed E-state index contributed by atoms with van der Waals surface area (Å²) >= 11 is 0. The van der Waals surface area contributed by atoms with Crippen molar-refractivity contribution in [3.05, 3.63) is 11.6 Å². The van der Waals surface area contributed by atoms with Crippen LogP contribution in [-0.4, -0.2) is 99.7 Å². The van der Waals surface area contributed by atoms with E-state index in [0.717, 1.165) is 37.7 Å². The van der Waals surface area contributed by atoms with Gasteiger partial charge in [0, 0.05) is 23.8 Å². The van der Waals surface area contributed by atoms with Gasteiger partial charge in [0.2, 0.25) is 0 Å². The molecule has 6 rings (SSSR count). The summed E-state index contributed by atoms with van der Waals surface area (Å²) in [5, 5.41) is 53.0. The molecule has 2 aliphatic heterocycles. The van der Waals surface area contributed by atoms with E-state index >= 15 is 0 Å². The van der Waals surface area contributed by atoms with Crippen LogP contribution in [0.25, 0.3) is 0 Å². The van der Waals surface area contributed by atoms with Crippen LogP contribution < -0.4 is 0 Å². The van der Waals surface area contributed by atoms with Gasteiger partial charge >= 0.3 is 11.9 Å².